The second-order valence-electron chi connectivity index (χ2n) is 4.58. The van der Waals surface area contributed by atoms with E-state index in [0.29, 0.717) is 6.61 Å². The van der Waals surface area contributed by atoms with E-state index >= 15 is 0 Å². The highest BCUT2D eigenvalue weighted by molar-refractivity contribution is 8.18. The van der Waals surface area contributed by atoms with Gasteiger partial charge in [-0.1, -0.05) is 6.07 Å². The Hall–Kier alpha value is -2.17. The third kappa shape index (κ3) is 4.91. The molecule has 2 rings (SSSR count). The zero-order chi connectivity index (χ0) is 17.5. The van der Waals surface area contributed by atoms with E-state index in [0.717, 1.165) is 21.5 Å². The predicted molar refractivity (Wildman–Crippen MR) is 90.4 cm³/mol. The van der Waals surface area contributed by atoms with Crippen LogP contribution in [0.4, 0.5) is 9.59 Å². The van der Waals surface area contributed by atoms with Crippen molar-refractivity contribution in [3.05, 3.63) is 27.3 Å². The number of hydrogen-bond acceptors (Lipinski definition) is 7. The predicted octanol–water partition coefficient (Wildman–Crippen LogP) is 1.26. The van der Waals surface area contributed by atoms with Crippen LogP contribution in [0.15, 0.2) is 22.4 Å². The highest BCUT2D eigenvalue weighted by Crippen LogP contribution is 2.32. The van der Waals surface area contributed by atoms with Gasteiger partial charge in [-0.05, 0) is 29.3 Å². The number of carbonyl (C=O) groups is 4. The highest BCUT2D eigenvalue weighted by Gasteiger charge is 2.36. The summed E-state index contributed by atoms with van der Waals surface area (Å²) >= 11 is 2.20. The van der Waals surface area contributed by atoms with E-state index < -0.39 is 29.6 Å². The molecule has 10 heteroatoms. The zero-order valence-electron chi connectivity index (χ0n) is 12.7. The van der Waals surface area contributed by atoms with Gasteiger partial charge in [0.15, 0.2) is 0 Å². The summed E-state index contributed by atoms with van der Waals surface area (Å²) in [6.45, 7) is 0.0309. The average Bonchev–Trinajstić information content (AvgIpc) is 3.12. The van der Waals surface area contributed by atoms with Crippen molar-refractivity contribution >= 4 is 52.3 Å². The summed E-state index contributed by atoms with van der Waals surface area (Å²) in [5.74, 6) is -1.29. The number of amides is 5. The largest absolute Gasteiger partial charge is 0.383 e. The smallest absolute Gasteiger partial charge is 0.321 e. The minimum atomic E-state index is -0.746. The number of rotatable bonds is 6. The Morgan fingerprint density at radius 1 is 1.38 bits per heavy atom. The molecule has 0 saturated carbocycles. The fourth-order valence-corrected chi connectivity index (χ4v) is 3.32. The Morgan fingerprint density at radius 3 is 2.83 bits per heavy atom. The molecule has 1 aliphatic heterocycles. The van der Waals surface area contributed by atoms with Crippen molar-refractivity contribution in [1.82, 2.24) is 15.5 Å². The summed E-state index contributed by atoms with van der Waals surface area (Å²) in [5.41, 5.74) is 0. The number of nitrogens with zero attached hydrogens (tertiary/aromatic N) is 1. The van der Waals surface area contributed by atoms with Crippen LogP contribution in [0, 0.1) is 0 Å². The van der Waals surface area contributed by atoms with Crippen molar-refractivity contribution in [3.63, 3.8) is 0 Å². The average molecular weight is 369 g/mol. The molecule has 128 valence electrons. The molecule has 8 nitrogen and oxygen atoms in total. The number of hydrogen-bond donors (Lipinski definition) is 2. The van der Waals surface area contributed by atoms with Crippen molar-refractivity contribution in [2.45, 2.75) is 0 Å². The van der Waals surface area contributed by atoms with Crippen molar-refractivity contribution in [2.75, 3.05) is 26.8 Å². The standard InChI is InChI=1S/C14H15N3O5S2/c1-22-5-4-15-13(20)16-11(18)8-17-12(19)10(24-14(17)21)7-9-3-2-6-23-9/h2-3,6-7H,4-5,8H2,1H3,(H2,15,16,18,20)/b10-7-. The lowest BCUT2D eigenvalue weighted by molar-refractivity contribution is -0.128. The minimum Gasteiger partial charge on any atom is -0.383 e. The number of nitrogens with one attached hydrogen (secondary N) is 2. The molecule has 1 aromatic rings. The van der Waals surface area contributed by atoms with Gasteiger partial charge in [0.1, 0.15) is 6.54 Å². The Kier molecular flexibility index (Phi) is 6.53. The molecular weight excluding hydrogens is 354 g/mol. The van der Waals surface area contributed by atoms with Gasteiger partial charge in [0.05, 0.1) is 11.5 Å². The summed E-state index contributed by atoms with van der Waals surface area (Å²) in [7, 11) is 1.48. The third-order valence-corrected chi connectivity index (χ3v) is 4.56. The van der Waals surface area contributed by atoms with Crippen LogP contribution in [-0.4, -0.2) is 54.8 Å². The van der Waals surface area contributed by atoms with Crippen LogP contribution in [-0.2, 0) is 14.3 Å². The van der Waals surface area contributed by atoms with E-state index in [1.54, 1.807) is 6.08 Å². The second kappa shape index (κ2) is 8.62. The van der Waals surface area contributed by atoms with Crippen molar-refractivity contribution in [2.24, 2.45) is 0 Å². The summed E-state index contributed by atoms with van der Waals surface area (Å²) in [4.78, 5) is 49.2. The van der Waals surface area contributed by atoms with E-state index in [9.17, 15) is 19.2 Å². The number of urea groups is 1. The molecule has 0 spiro atoms. The second-order valence-corrected chi connectivity index (χ2v) is 6.55. The monoisotopic (exact) mass is 369 g/mol. The van der Waals surface area contributed by atoms with E-state index in [2.05, 4.69) is 5.32 Å². The van der Waals surface area contributed by atoms with Gasteiger partial charge in [0.2, 0.25) is 5.91 Å². The van der Waals surface area contributed by atoms with Crippen LogP contribution in [0.25, 0.3) is 6.08 Å². The van der Waals surface area contributed by atoms with Crippen LogP contribution in [0.2, 0.25) is 0 Å². The van der Waals surface area contributed by atoms with Gasteiger partial charge < -0.3 is 10.1 Å². The first kappa shape index (κ1) is 18.2. The fourth-order valence-electron chi connectivity index (χ4n) is 1.76. The van der Waals surface area contributed by atoms with Gasteiger partial charge in [0, 0.05) is 18.5 Å². The number of imide groups is 2. The molecule has 1 aromatic heterocycles. The molecule has 1 aliphatic rings. The van der Waals surface area contributed by atoms with Crippen LogP contribution in [0.1, 0.15) is 4.88 Å². The van der Waals surface area contributed by atoms with Crippen molar-refractivity contribution in [3.8, 4) is 0 Å². The molecule has 1 saturated heterocycles. The summed E-state index contributed by atoms with van der Waals surface area (Å²) in [5, 5.41) is 5.76. The molecule has 2 N–H and O–H groups in total. The Bertz CT molecular complexity index is 672. The zero-order valence-corrected chi connectivity index (χ0v) is 14.4. The lowest BCUT2D eigenvalue weighted by Crippen LogP contribution is -2.46. The maximum absolute atomic E-state index is 12.2. The molecule has 5 amide bonds. The molecule has 0 atom stereocenters. The van der Waals surface area contributed by atoms with Gasteiger partial charge in [-0.3, -0.25) is 24.6 Å². The quantitative estimate of drug-likeness (QED) is 0.578. The molecule has 24 heavy (non-hydrogen) atoms. The molecule has 0 radical (unpaired) electrons. The first-order valence-electron chi connectivity index (χ1n) is 6.86. The number of thiophene rings is 1. The third-order valence-electron chi connectivity index (χ3n) is 2.84. The van der Waals surface area contributed by atoms with Crippen LogP contribution >= 0.6 is 23.1 Å². The topological polar surface area (TPSA) is 105 Å². The molecule has 0 unspecified atom stereocenters. The fraction of sp³-hybridized carbons (Fsp3) is 0.286. The van der Waals surface area contributed by atoms with E-state index in [-0.39, 0.29) is 11.4 Å². The summed E-state index contributed by atoms with van der Waals surface area (Å²) in [6.07, 6.45) is 1.60. The van der Waals surface area contributed by atoms with Gasteiger partial charge >= 0.3 is 6.03 Å². The molecular formula is C14H15N3O5S2. The SMILES string of the molecule is COCCNC(=O)NC(=O)CN1C(=O)S/C(=C\c2cccs2)C1=O. The van der Waals surface area contributed by atoms with Gasteiger partial charge in [-0.25, -0.2) is 4.79 Å². The molecule has 0 bridgehead atoms. The maximum Gasteiger partial charge on any atom is 0.321 e. The first-order valence-corrected chi connectivity index (χ1v) is 8.56. The van der Waals surface area contributed by atoms with Gasteiger partial charge in [0.25, 0.3) is 11.1 Å². The van der Waals surface area contributed by atoms with E-state index in [4.69, 9.17) is 4.74 Å². The molecule has 0 aromatic carbocycles. The summed E-state index contributed by atoms with van der Waals surface area (Å²) in [6, 6.07) is 2.93. The number of methoxy groups -OCH3 is 1. The molecule has 1 fully saturated rings. The lowest BCUT2D eigenvalue weighted by atomic mass is 10.3. The van der Waals surface area contributed by atoms with Crippen molar-refractivity contribution < 1.29 is 23.9 Å². The maximum atomic E-state index is 12.2. The van der Waals surface area contributed by atoms with Gasteiger partial charge in [-0.15, -0.1) is 11.3 Å². The van der Waals surface area contributed by atoms with E-state index in [1.807, 2.05) is 22.8 Å². The highest BCUT2D eigenvalue weighted by atomic mass is 32.2. The van der Waals surface area contributed by atoms with Gasteiger partial charge in [-0.2, -0.15) is 0 Å². The molecule has 2 heterocycles. The minimum absolute atomic E-state index is 0.237. The lowest BCUT2D eigenvalue weighted by Gasteiger charge is -2.12. The van der Waals surface area contributed by atoms with Crippen molar-refractivity contribution in [1.29, 1.82) is 0 Å². The molecule has 0 aliphatic carbocycles. The van der Waals surface area contributed by atoms with Crippen LogP contribution < -0.4 is 10.6 Å². The summed E-state index contributed by atoms with van der Waals surface area (Å²) < 4.78 is 4.75. The van der Waals surface area contributed by atoms with E-state index in [1.165, 1.54) is 18.4 Å². The number of carbonyl (C=O) groups excluding carboxylic acids is 4. The van der Waals surface area contributed by atoms with Crippen LogP contribution in [0.5, 0.6) is 0 Å². The Morgan fingerprint density at radius 2 is 2.17 bits per heavy atom. The first-order chi connectivity index (χ1) is 11.5. The number of ether oxygens (including phenoxy) is 1. The Labute approximate surface area is 146 Å². The number of thioether (sulfide) groups is 1. The normalized spacial score (nSPS) is 15.9. The Balaban J connectivity index is 1.90. The van der Waals surface area contributed by atoms with Crippen LogP contribution in [0.3, 0.4) is 0 Å².